The molecule has 21 heavy (non-hydrogen) atoms. The molecule has 1 nitrogen and oxygen atoms in total. The molecule has 0 aliphatic carbocycles. The second kappa shape index (κ2) is 7.57. The van der Waals surface area contributed by atoms with Crippen molar-refractivity contribution in [2.75, 3.05) is 12.8 Å². The minimum atomic E-state index is -0.421. The van der Waals surface area contributed by atoms with Gasteiger partial charge in [-0.2, -0.15) is 0 Å². The second-order valence-electron chi connectivity index (χ2n) is 4.83. The summed E-state index contributed by atoms with van der Waals surface area (Å²) in [4.78, 5) is 1.15. The summed E-state index contributed by atoms with van der Waals surface area (Å²) in [6.45, 7) is 2.79. The Hall–Kier alpha value is -1.39. The first-order valence-electron chi connectivity index (χ1n) is 6.98. The Morgan fingerprint density at radius 2 is 1.81 bits per heavy atom. The van der Waals surface area contributed by atoms with Gasteiger partial charge in [0.2, 0.25) is 0 Å². The minimum Gasteiger partial charge on any atom is -0.306 e. The summed E-state index contributed by atoms with van der Waals surface area (Å²) >= 11 is 1.65. The van der Waals surface area contributed by atoms with Gasteiger partial charge >= 0.3 is 0 Å². The van der Waals surface area contributed by atoms with Gasteiger partial charge in [0.1, 0.15) is 11.6 Å². The maximum absolute atomic E-state index is 14.1. The van der Waals surface area contributed by atoms with Crippen molar-refractivity contribution in [2.24, 2.45) is 0 Å². The van der Waals surface area contributed by atoms with Crippen molar-refractivity contribution in [3.63, 3.8) is 0 Å². The van der Waals surface area contributed by atoms with Gasteiger partial charge in [0, 0.05) is 10.5 Å². The van der Waals surface area contributed by atoms with Crippen LogP contribution in [0.2, 0.25) is 0 Å². The number of thioether (sulfide) groups is 1. The topological polar surface area (TPSA) is 12.0 Å². The van der Waals surface area contributed by atoms with Gasteiger partial charge in [-0.15, -0.1) is 11.8 Å². The van der Waals surface area contributed by atoms with Crippen LogP contribution in [0.3, 0.4) is 0 Å². The van der Waals surface area contributed by atoms with Crippen LogP contribution >= 0.6 is 11.8 Å². The fraction of sp³-hybridized carbons (Fsp3) is 0.294. The zero-order chi connectivity index (χ0) is 15.2. The number of halogens is 2. The molecule has 0 amide bonds. The lowest BCUT2D eigenvalue weighted by Gasteiger charge is -2.20. The molecule has 112 valence electrons. The normalized spacial score (nSPS) is 12.4. The number of benzene rings is 2. The van der Waals surface area contributed by atoms with Gasteiger partial charge < -0.3 is 5.32 Å². The van der Waals surface area contributed by atoms with Gasteiger partial charge in [0.25, 0.3) is 0 Å². The molecule has 0 spiro atoms. The molecule has 0 aliphatic rings. The van der Waals surface area contributed by atoms with E-state index in [1.54, 1.807) is 11.8 Å². The predicted octanol–water partition coefficient (Wildman–Crippen LogP) is 4.78. The summed E-state index contributed by atoms with van der Waals surface area (Å²) in [6, 6.07) is 11.2. The first kappa shape index (κ1) is 16.0. The van der Waals surface area contributed by atoms with E-state index in [9.17, 15) is 8.78 Å². The van der Waals surface area contributed by atoms with Crippen molar-refractivity contribution in [1.29, 1.82) is 0 Å². The van der Waals surface area contributed by atoms with E-state index in [4.69, 9.17) is 0 Å². The number of hydrogen-bond donors (Lipinski definition) is 1. The maximum atomic E-state index is 14.1. The van der Waals surface area contributed by atoms with Gasteiger partial charge in [0.05, 0.1) is 6.04 Å². The lowest BCUT2D eigenvalue weighted by atomic mass is 9.98. The summed E-state index contributed by atoms with van der Waals surface area (Å²) in [5, 5.41) is 3.29. The van der Waals surface area contributed by atoms with E-state index in [2.05, 4.69) is 5.32 Å². The lowest BCUT2D eigenvalue weighted by Crippen LogP contribution is -2.24. The molecule has 0 aliphatic heterocycles. The monoisotopic (exact) mass is 307 g/mol. The van der Waals surface area contributed by atoms with Crippen LogP contribution in [0.25, 0.3) is 0 Å². The fourth-order valence-corrected chi connectivity index (χ4v) is 2.64. The average Bonchev–Trinajstić information content (AvgIpc) is 2.51. The molecular weight excluding hydrogens is 288 g/mol. The van der Waals surface area contributed by atoms with Crippen LogP contribution < -0.4 is 5.32 Å². The molecule has 0 saturated heterocycles. The molecule has 1 N–H and O–H groups in total. The molecule has 2 rings (SSSR count). The third kappa shape index (κ3) is 4.05. The quantitative estimate of drug-likeness (QED) is 0.771. The summed E-state index contributed by atoms with van der Waals surface area (Å²) in [6.07, 6.45) is 2.93. The van der Waals surface area contributed by atoms with Crippen molar-refractivity contribution >= 4 is 11.8 Å². The largest absolute Gasteiger partial charge is 0.306 e. The molecule has 2 aromatic rings. The Kier molecular flexibility index (Phi) is 5.76. The molecule has 0 bridgehead atoms. The molecule has 0 saturated carbocycles. The molecule has 1 atom stereocenters. The van der Waals surface area contributed by atoms with Crippen LogP contribution in [0.4, 0.5) is 8.78 Å². The third-order valence-corrected chi connectivity index (χ3v) is 4.06. The van der Waals surface area contributed by atoms with Crippen LogP contribution in [0.1, 0.15) is 30.5 Å². The summed E-state index contributed by atoms with van der Waals surface area (Å²) < 4.78 is 27.5. The number of rotatable bonds is 6. The van der Waals surface area contributed by atoms with Crippen molar-refractivity contribution in [2.45, 2.75) is 24.3 Å². The predicted molar refractivity (Wildman–Crippen MR) is 84.7 cm³/mol. The average molecular weight is 307 g/mol. The minimum absolute atomic E-state index is 0.337. The standard InChI is InChI=1S/C17H19F2NS/c1-3-10-20-17(12-4-7-14(21-2)8-5-12)15-11-13(18)6-9-16(15)19/h4-9,11,17,20H,3,10H2,1-2H3. The smallest absolute Gasteiger partial charge is 0.128 e. The Morgan fingerprint density at radius 3 is 2.43 bits per heavy atom. The van der Waals surface area contributed by atoms with Gasteiger partial charge in [-0.25, -0.2) is 8.78 Å². The molecule has 0 aromatic heterocycles. The Balaban J connectivity index is 2.38. The van der Waals surface area contributed by atoms with E-state index in [1.807, 2.05) is 37.4 Å². The summed E-state index contributed by atoms with van der Waals surface area (Å²) in [5.41, 5.74) is 1.28. The van der Waals surface area contributed by atoms with Gasteiger partial charge in [0.15, 0.2) is 0 Å². The van der Waals surface area contributed by atoms with Crippen molar-refractivity contribution in [1.82, 2.24) is 5.32 Å². The molecule has 2 aromatic carbocycles. The van der Waals surface area contributed by atoms with Crippen LogP contribution in [0.15, 0.2) is 47.4 Å². The molecule has 0 heterocycles. The van der Waals surface area contributed by atoms with E-state index in [1.165, 1.54) is 12.1 Å². The van der Waals surface area contributed by atoms with Crippen LogP contribution in [0.5, 0.6) is 0 Å². The Labute approximate surface area is 128 Å². The Bertz CT molecular complexity index is 584. The molecule has 1 unspecified atom stereocenters. The lowest BCUT2D eigenvalue weighted by molar-refractivity contribution is 0.535. The van der Waals surface area contributed by atoms with Crippen LogP contribution in [-0.2, 0) is 0 Å². The summed E-state index contributed by atoms with van der Waals surface area (Å²) in [5.74, 6) is -0.811. The zero-order valence-electron chi connectivity index (χ0n) is 12.2. The first-order valence-corrected chi connectivity index (χ1v) is 8.20. The number of nitrogens with one attached hydrogen (secondary N) is 1. The van der Waals surface area contributed by atoms with Gasteiger partial charge in [-0.05, 0) is 55.1 Å². The van der Waals surface area contributed by atoms with E-state index in [0.717, 1.165) is 29.5 Å². The van der Waals surface area contributed by atoms with E-state index >= 15 is 0 Å². The SMILES string of the molecule is CCCNC(c1ccc(SC)cc1)c1cc(F)ccc1F. The van der Waals surface area contributed by atoms with Crippen LogP contribution in [0, 0.1) is 11.6 Å². The van der Waals surface area contributed by atoms with E-state index < -0.39 is 5.82 Å². The fourth-order valence-electron chi connectivity index (χ4n) is 2.23. The zero-order valence-corrected chi connectivity index (χ0v) is 13.0. The Morgan fingerprint density at radius 1 is 1.10 bits per heavy atom. The molecule has 4 heteroatoms. The summed E-state index contributed by atoms with van der Waals surface area (Å²) in [7, 11) is 0. The first-order chi connectivity index (χ1) is 10.2. The van der Waals surface area contributed by atoms with Crippen molar-refractivity contribution < 1.29 is 8.78 Å². The van der Waals surface area contributed by atoms with E-state index in [-0.39, 0.29) is 11.9 Å². The van der Waals surface area contributed by atoms with Gasteiger partial charge in [-0.1, -0.05) is 19.1 Å². The molecule has 0 radical (unpaired) electrons. The molecular formula is C17H19F2NS. The van der Waals surface area contributed by atoms with Gasteiger partial charge in [-0.3, -0.25) is 0 Å². The third-order valence-electron chi connectivity index (χ3n) is 3.32. The highest BCUT2D eigenvalue weighted by Gasteiger charge is 2.18. The highest BCUT2D eigenvalue weighted by atomic mass is 32.2. The van der Waals surface area contributed by atoms with Crippen LogP contribution in [-0.4, -0.2) is 12.8 Å². The number of hydrogen-bond acceptors (Lipinski definition) is 2. The van der Waals surface area contributed by atoms with E-state index in [0.29, 0.717) is 5.56 Å². The highest BCUT2D eigenvalue weighted by molar-refractivity contribution is 7.98. The van der Waals surface area contributed by atoms with Crippen molar-refractivity contribution in [3.8, 4) is 0 Å². The molecule has 0 fully saturated rings. The maximum Gasteiger partial charge on any atom is 0.128 e. The van der Waals surface area contributed by atoms with Crippen molar-refractivity contribution in [3.05, 3.63) is 65.2 Å². The second-order valence-corrected chi connectivity index (χ2v) is 5.71. The highest BCUT2D eigenvalue weighted by Crippen LogP contribution is 2.27.